The van der Waals surface area contributed by atoms with Crippen LogP contribution >= 0.6 is 0 Å². The lowest BCUT2D eigenvalue weighted by molar-refractivity contribution is -0.167. The van der Waals surface area contributed by atoms with Crippen LogP contribution in [0.3, 0.4) is 0 Å². The summed E-state index contributed by atoms with van der Waals surface area (Å²) in [5, 5.41) is 0. The standard InChI is InChI=1S/C73H130O6/c1-4-7-10-13-16-19-21-23-25-27-29-31-32-33-34-35-36-37-38-39-40-41-43-44-46-48-50-52-54-57-60-63-66-72(75)78-69-70(68-77-71(74)65-62-59-56-18-15-12-9-6-3)79-73(76)67-64-61-58-55-53-51-49-47-45-42-30-28-26-24-22-20-17-14-11-8-5-2/h8,11,17,20,24,26,30,42,47,49,53,55,70H,4-7,9-10,12-16,18-19,21-23,25,27-29,31-41,43-46,48,50-52,54,56-69H2,1-3H3/b11-8-,20-17-,26-24-,42-30-,49-47-,55-53-. The van der Waals surface area contributed by atoms with Gasteiger partial charge in [0, 0.05) is 19.3 Å². The van der Waals surface area contributed by atoms with Gasteiger partial charge in [0.2, 0.25) is 0 Å². The Morgan fingerprint density at radius 3 is 0.772 bits per heavy atom. The second kappa shape index (κ2) is 67.4. The molecule has 0 rings (SSSR count). The Balaban J connectivity index is 4.09. The minimum Gasteiger partial charge on any atom is -0.462 e. The monoisotopic (exact) mass is 1100 g/mol. The molecule has 0 amide bonds. The summed E-state index contributed by atoms with van der Waals surface area (Å²) in [6.45, 7) is 6.50. The largest absolute Gasteiger partial charge is 0.462 e. The van der Waals surface area contributed by atoms with Gasteiger partial charge in [0.05, 0.1) is 0 Å². The highest BCUT2D eigenvalue weighted by Gasteiger charge is 2.19. The fourth-order valence-electron chi connectivity index (χ4n) is 10.1. The molecule has 0 aromatic heterocycles. The molecule has 0 heterocycles. The van der Waals surface area contributed by atoms with Gasteiger partial charge in [0.15, 0.2) is 6.10 Å². The van der Waals surface area contributed by atoms with E-state index in [4.69, 9.17) is 14.2 Å². The third kappa shape index (κ3) is 65.5. The molecule has 6 heteroatoms. The van der Waals surface area contributed by atoms with Gasteiger partial charge in [-0.15, -0.1) is 0 Å². The summed E-state index contributed by atoms with van der Waals surface area (Å²) in [4.78, 5) is 38.2. The maximum absolute atomic E-state index is 12.9. The van der Waals surface area contributed by atoms with E-state index in [2.05, 4.69) is 93.7 Å². The zero-order valence-electron chi connectivity index (χ0n) is 52.6. The van der Waals surface area contributed by atoms with E-state index in [0.717, 1.165) is 89.9 Å². The van der Waals surface area contributed by atoms with Crippen LogP contribution < -0.4 is 0 Å². The highest BCUT2D eigenvalue weighted by atomic mass is 16.6. The Morgan fingerprint density at radius 1 is 0.266 bits per heavy atom. The lowest BCUT2D eigenvalue weighted by Crippen LogP contribution is -2.30. The quantitative estimate of drug-likeness (QED) is 0.0261. The van der Waals surface area contributed by atoms with Crippen molar-refractivity contribution in [2.45, 2.75) is 361 Å². The first-order valence-corrected chi connectivity index (χ1v) is 34.4. The Labute approximate surface area is 491 Å². The summed E-state index contributed by atoms with van der Waals surface area (Å²) in [5.74, 6) is -0.923. The molecule has 0 spiro atoms. The first kappa shape index (κ1) is 75.8. The van der Waals surface area contributed by atoms with E-state index in [9.17, 15) is 14.4 Å². The molecule has 79 heavy (non-hydrogen) atoms. The zero-order valence-corrected chi connectivity index (χ0v) is 52.6. The molecule has 6 nitrogen and oxygen atoms in total. The molecule has 0 aromatic rings. The molecule has 0 aliphatic rings. The predicted octanol–water partition coefficient (Wildman–Crippen LogP) is 23.7. The van der Waals surface area contributed by atoms with Gasteiger partial charge in [0.1, 0.15) is 13.2 Å². The van der Waals surface area contributed by atoms with Crippen molar-refractivity contribution in [3.63, 3.8) is 0 Å². The molecule has 0 radical (unpaired) electrons. The minimum atomic E-state index is -0.796. The maximum Gasteiger partial charge on any atom is 0.306 e. The summed E-state index contributed by atoms with van der Waals surface area (Å²) in [7, 11) is 0. The van der Waals surface area contributed by atoms with Crippen molar-refractivity contribution < 1.29 is 28.6 Å². The summed E-state index contributed by atoms with van der Waals surface area (Å²) < 4.78 is 16.8. The summed E-state index contributed by atoms with van der Waals surface area (Å²) in [6, 6.07) is 0. The van der Waals surface area contributed by atoms with Crippen molar-refractivity contribution in [3.05, 3.63) is 72.9 Å². The van der Waals surface area contributed by atoms with Crippen molar-refractivity contribution in [3.8, 4) is 0 Å². The fourth-order valence-corrected chi connectivity index (χ4v) is 10.1. The Bertz CT molecular complexity index is 1450. The Morgan fingerprint density at radius 2 is 0.494 bits per heavy atom. The third-order valence-electron chi connectivity index (χ3n) is 15.2. The minimum absolute atomic E-state index is 0.0895. The normalized spacial score (nSPS) is 12.5. The lowest BCUT2D eigenvalue weighted by Gasteiger charge is -2.18. The van der Waals surface area contributed by atoms with Gasteiger partial charge in [-0.25, -0.2) is 0 Å². The number of allylic oxidation sites excluding steroid dienone is 12. The number of hydrogen-bond acceptors (Lipinski definition) is 6. The van der Waals surface area contributed by atoms with Crippen LogP contribution in [0.5, 0.6) is 0 Å². The molecule has 0 fully saturated rings. The number of hydrogen-bond donors (Lipinski definition) is 0. The van der Waals surface area contributed by atoms with Gasteiger partial charge in [0.25, 0.3) is 0 Å². The lowest BCUT2D eigenvalue weighted by atomic mass is 10.0. The maximum atomic E-state index is 12.9. The fraction of sp³-hybridized carbons (Fsp3) is 0.795. The van der Waals surface area contributed by atoms with Crippen LogP contribution in [-0.2, 0) is 28.6 Å². The van der Waals surface area contributed by atoms with Crippen molar-refractivity contribution in [1.29, 1.82) is 0 Å². The van der Waals surface area contributed by atoms with Gasteiger partial charge in [-0.1, -0.05) is 338 Å². The second-order valence-electron chi connectivity index (χ2n) is 23.1. The molecule has 0 saturated heterocycles. The zero-order chi connectivity index (χ0) is 57.1. The van der Waals surface area contributed by atoms with Gasteiger partial charge >= 0.3 is 17.9 Å². The van der Waals surface area contributed by atoms with Crippen LogP contribution in [0.4, 0.5) is 0 Å². The number of esters is 3. The first-order chi connectivity index (χ1) is 39.0. The van der Waals surface area contributed by atoms with Gasteiger partial charge in [-0.05, 0) is 70.6 Å². The molecule has 1 unspecified atom stereocenters. The van der Waals surface area contributed by atoms with E-state index < -0.39 is 6.10 Å². The summed E-state index contributed by atoms with van der Waals surface area (Å²) in [5.41, 5.74) is 0. The van der Waals surface area contributed by atoms with E-state index in [-0.39, 0.29) is 37.5 Å². The molecule has 0 saturated carbocycles. The van der Waals surface area contributed by atoms with E-state index >= 15 is 0 Å². The number of ether oxygens (including phenoxy) is 3. The number of unbranched alkanes of at least 4 members (excludes halogenated alkanes) is 40. The van der Waals surface area contributed by atoms with E-state index in [1.54, 1.807) is 0 Å². The highest BCUT2D eigenvalue weighted by molar-refractivity contribution is 5.71. The van der Waals surface area contributed by atoms with Crippen molar-refractivity contribution >= 4 is 17.9 Å². The average Bonchev–Trinajstić information content (AvgIpc) is 3.45. The van der Waals surface area contributed by atoms with Gasteiger partial charge < -0.3 is 14.2 Å². The Hall–Kier alpha value is -3.15. The van der Waals surface area contributed by atoms with Crippen molar-refractivity contribution in [2.24, 2.45) is 0 Å². The summed E-state index contributed by atoms with van der Waals surface area (Å²) >= 11 is 0. The second-order valence-corrected chi connectivity index (χ2v) is 23.1. The smallest absolute Gasteiger partial charge is 0.306 e. The van der Waals surface area contributed by atoms with E-state index in [0.29, 0.717) is 19.3 Å². The van der Waals surface area contributed by atoms with Gasteiger partial charge in [-0.2, -0.15) is 0 Å². The van der Waals surface area contributed by atoms with Crippen LogP contribution in [0.15, 0.2) is 72.9 Å². The van der Waals surface area contributed by atoms with Crippen LogP contribution in [0, 0.1) is 0 Å². The molecule has 0 bridgehead atoms. The number of carbonyl (C=O) groups excluding carboxylic acids is 3. The number of rotatable bonds is 63. The SMILES string of the molecule is CC/C=C\C/C=C\C/C=C\C/C=C\C/C=C\C/C=C\CCCCC(=O)OC(COC(=O)CCCCCCCCCC)COC(=O)CCCCCCCCCCCCCCCCCCCCCCCCCCCCCCCCCC. The van der Waals surface area contributed by atoms with Crippen LogP contribution in [0.25, 0.3) is 0 Å². The molecule has 0 aliphatic carbocycles. The first-order valence-electron chi connectivity index (χ1n) is 34.4. The molecule has 0 aromatic carbocycles. The highest BCUT2D eigenvalue weighted by Crippen LogP contribution is 2.18. The molecule has 0 aliphatic heterocycles. The van der Waals surface area contributed by atoms with Crippen molar-refractivity contribution in [1.82, 2.24) is 0 Å². The van der Waals surface area contributed by atoms with E-state index in [1.165, 1.54) is 218 Å². The molecular formula is C73H130O6. The topological polar surface area (TPSA) is 78.9 Å². The molecular weight excluding hydrogens is 973 g/mol. The van der Waals surface area contributed by atoms with Crippen molar-refractivity contribution in [2.75, 3.05) is 13.2 Å². The summed E-state index contributed by atoms with van der Waals surface area (Å²) in [6.07, 6.45) is 88.3. The molecule has 0 N–H and O–H groups in total. The third-order valence-corrected chi connectivity index (χ3v) is 15.2. The number of carbonyl (C=O) groups is 3. The van der Waals surface area contributed by atoms with Crippen LogP contribution in [0.2, 0.25) is 0 Å². The van der Waals surface area contributed by atoms with Gasteiger partial charge in [-0.3, -0.25) is 14.4 Å². The Kier molecular flexibility index (Phi) is 64.7. The average molecular weight is 1100 g/mol. The molecule has 1 atom stereocenters. The molecule has 458 valence electrons. The van der Waals surface area contributed by atoms with Crippen LogP contribution in [0.1, 0.15) is 355 Å². The van der Waals surface area contributed by atoms with E-state index in [1.807, 2.05) is 0 Å². The predicted molar refractivity (Wildman–Crippen MR) is 344 cm³/mol. The van der Waals surface area contributed by atoms with Crippen LogP contribution in [-0.4, -0.2) is 37.2 Å².